The molecule has 0 aliphatic carbocycles. The molecule has 1 saturated heterocycles. The third-order valence-corrected chi connectivity index (χ3v) is 6.03. The molecule has 7 heteroatoms. The number of carbonyl (C=O) groups excluding carboxylic acids is 2. The minimum Gasteiger partial charge on any atom is -0.482 e. The highest BCUT2D eigenvalue weighted by Gasteiger charge is 2.31. The van der Waals surface area contributed by atoms with E-state index in [9.17, 15) is 14.0 Å². The Morgan fingerprint density at radius 1 is 1.10 bits per heavy atom. The lowest BCUT2D eigenvalue weighted by Gasteiger charge is -2.38. The van der Waals surface area contributed by atoms with Gasteiger partial charge < -0.3 is 19.9 Å². The van der Waals surface area contributed by atoms with E-state index in [4.69, 9.17) is 4.74 Å². The van der Waals surface area contributed by atoms with Gasteiger partial charge in [-0.3, -0.25) is 9.59 Å². The van der Waals surface area contributed by atoms with Gasteiger partial charge in [0.1, 0.15) is 11.6 Å². The lowest BCUT2D eigenvalue weighted by atomic mass is 10.0. The van der Waals surface area contributed by atoms with Crippen molar-refractivity contribution in [2.24, 2.45) is 0 Å². The van der Waals surface area contributed by atoms with E-state index in [1.807, 2.05) is 11.0 Å². The van der Waals surface area contributed by atoms with Crippen molar-refractivity contribution < 1.29 is 18.7 Å². The van der Waals surface area contributed by atoms with Crippen molar-refractivity contribution in [3.05, 3.63) is 53.3 Å². The Kier molecular flexibility index (Phi) is 4.38. The van der Waals surface area contributed by atoms with E-state index in [2.05, 4.69) is 10.2 Å². The molecule has 2 aromatic carbocycles. The molecule has 3 aliphatic rings. The molecule has 0 spiro atoms. The largest absolute Gasteiger partial charge is 0.482 e. The Morgan fingerprint density at radius 3 is 2.76 bits per heavy atom. The number of nitrogens with zero attached hydrogens (tertiary/aromatic N) is 2. The van der Waals surface area contributed by atoms with Gasteiger partial charge in [-0.25, -0.2) is 4.39 Å². The molecule has 0 atom stereocenters. The molecule has 6 nitrogen and oxygen atoms in total. The molecule has 2 amide bonds. The number of likely N-dealkylation sites (tertiary alicyclic amines) is 1. The lowest BCUT2D eigenvalue weighted by Crippen LogP contribution is -2.46. The second-order valence-electron chi connectivity index (χ2n) is 7.79. The first-order chi connectivity index (χ1) is 14.1. The van der Waals surface area contributed by atoms with Crippen LogP contribution in [-0.2, 0) is 11.2 Å². The van der Waals surface area contributed by atoms with Crippen LogP contribution in [0.25, 0.3) is 0 Å². The van der Waals surface area contributed by atoms with E-state index in [1.54, 1.807) is 24.3 Å². The molecule has 3 aliphatic heterocycles. The number of carbonyl (C=O) groups is 2. The van der Waals surface area contributed by atoms with E-state index in [-0.39, 0.29) is 24.2 Å². The van der Waals surface area contributed by atoms with Crippen LogP contribution in [0.1, 0.15) is 28.8 Å². The van der Waals surface area contributed by atoms with Gasteiger partial charge in [0.05, 0.1) is 5.69 Å². The van der Waals surface area contributed by atoms with Crippen molar-refractivity contribution in [1.29, 1.82) is 0 Å². The Bertz CT molecular complexity index is 985. The molecule has 0 unspecified atom stereocenters. The second-order valence-corrected chi connectivity index (χ2v) is 7.79. The molecular formula is C22H22FN3O3. The van der Waals surface area contributed by atoms with E-state index in [0.717, 1.165) is 37.1 Å². The van der Waals surface area contributed by atoms with Crippen LogP contribution in [0, 0.1) is 5.82 Å². The fourth-order valence-electron chi connectivity index (χ4n) is 4.55. The predicted octanol–water partition coefficient (Wildman–Crippen LogP) is 2.82. The minimum atomic E-state index is -0.190. The number of hydrogen-bond donors (Lipinski definition) is 1. The number of benzene rings is 2. The molecule has 1 fully saturated rings. The Hall–Kier alpha value is -3.09. The number of ether oxygens (including phenoxy) is 1. The summed E-state index contributed by atoms with van der Waals surface area (Å²) in [6, 6.07) is 10.5. The summed E-state index contributed by atoms with van der Waals surface area (Å²) in [5.41, 5.74) is 3.37. The Balaban J connectivity index is 1.25. The van der Waals surface area contributed by atoms with Crippen molar-refractivity contribution >= 4 is 23.2 Å². The summed E-state index contributed by atoms with van der Waals surface area (Å²) < 4.78 is 18.9. The molecular weight excluding hydrogens is 373 g/mol. The summed E-state index contributed by atoms with van der Waals surface area (Å²) in [6.07, 6.45) is 2.65. The molecule has 0 bridgehead atoms. The zero-order chi connectivity index (χ0) is 20.0. The number of nitrogens with one attached hydrogen (secondary N) is 1. The minimum absolute atomic E-state index is 0.0179. The van der Waals surface area contributed by atoms with Gasteiger partial charge in [-0.05, 0) is 61.2 Å². The highest BCUT2D eigenvalue weighted by atomic mass is 19.1. The van der Waals surface area contributed by atoms with Gasteiger partial charge >= 0.3 is 0 Å². The zero-order valence-corrected chi connectivity index (χ0v) is 16.0. The van der Waals surface area contributed by atoms with Crippen LogP contribution in [0.3, 0.4) is 0 Å². The van der Waals surface area contributed by atoms with Crippen LogP contribution in [-0.4, -0.2) is 49.0 Å². The van der Waals surface area contributed by atoms with Crippen molar-refractivity contribution in [1.82, 2.24) is 4.90 Å². The first-order valence-electron chi connectivity index (χ1n) is 9.99. The average Bonchev–Trinajstić information content (AvgIpc) is 3.16. The van der Waals surface area contributed by atoms with Crippen LogP contribution < -0.4 is 15.0 Å². The topological polar surface area (TPSA) is 61.9 Å². The van der Waals surface area contributed by atoms with E-state index >= 15 is 0 Å². The lowest BCUT2D eigenvalue weighted by molar-refractivity contribution is -0.118. The highest BCUT2D eigenvalue weighted by Crippen LogP contribution is 2.34. The average molecular weight is 395 g/mol. The summed E-state index contributed by atoms with van der Waals surface area (Å²) in [6.45, 7) is 2.25. The highest BCUT2D eigenvalue weighted by molar-refractivity contribution is 5.99. The van der Waals surface area contributed by atoms with Gasteiger partial charge in [0.2, 0.25) is 0 Å². The maximum atomic E-state index is 13.5. The smallest absolute Gasteiger partial charge is 0.262 e. The SMILES string of the molecule is O=C1COc2cc(C(=O)N3CCC(N4CCc5cc(F)ccc54)CC3)ccc2N1. The maximum Gasteiger partial charge on any atom is 0.262 e. The molecule has 29 heavy (non-hydrogen) atoms. The normalized spacial score (nSPS) is 18.7. The van der Waals surface area contributed by atoms with Crippen LogP contribution in [0.2, 0.25) is 0 Å². The quantitative estimate of drug-likeness (QED) is 0.850. The van der Waals surface area contributed by atoms with Crippen LogP contribution >= 0.6 is 0 Å². The van der Waals surface area contributed by atoms with Crippen LogP contribution in [0.15, 0.2) is 36.4 Å². The van der Waals surface area contributed by atoms with Crippen molar-refractivity contribution in [2.75, 3.05) is 36.5 Å². The zero-order valence-electron chi connectivity index (χ0n) is 16.0. The van der Waals surface area contributed by atoms with Crippen molar-refractivity contribution in [3.8, 4) is 5.75 Å². The first kappa shape index (κ1) is 18.0. The van der Waals surface area contributed by atoms with Gasteiger partial charge in [0, 0.05) is 36.9 Å². The van der Waals surface area contributed by atoms with E-state index in [0.29, 0.717) is 36.1 Å². The Labute approximate surface area is 168 Å². The van der Waals surface area contributed by atoms with E-state index in [1.165, 1.54) is 6.07 Å². The molecule has 1 N–H and O–H groups in total. The third kappa shape index (κ3) is 3.30. The summed E-state index contributed by atoms with van der Waals surface area (Å²) >= 11 is 0. The van der Waals surface area contributed by atoms with Crippen LogP contribution in [0.4, 0.5) is 15.8 Å². The number of piperidine rings is 1. The molecule has 0 aromatic heterocycles. The summed E-state index contributed by atoms with van der Waals surface area (Å²) in [7, 11) is 0. The maximum absolute atomic E-state index is 13.5. The summed E-state index contributed by atoms with van der Waals surface area (Å²) in [5.74, 6) is 0.145. The molecule has 2 aromatic rings. The number of amides is 2. The van der Waals surface area contributed by atoms with Gasteiger partial charge in [0.25, 0.3) is 11.8 Å². The number of hydrogen-bond acceptors (Lipinski definition) is 4. The molecule has 5 rings (SSSR count). The van der Waals surface area contributed by atoms with Gasteiger partial charge in [-0.1, -0.05) is 0 Å². The molecule has 150 valence electrons. The van der Waals surface area contributed by atoms with Gasteiger partial charge in [0.15, 0.2) is 6.61 Å². The van der Waals surface area contributed by atoms with Crippen LogP contribution in [0.5, 0.6) is 5.75 Å². The monoisotopic (exact) mass is 395 g/mol. The van der Waals surface area contributed by atoms with Crippen molar-refractivity contribution in [3.63, 3.8) is 0 Å². The number of fused-ring (bicyclic) bond motifs is 2. The van der Waals surface area contributed by atoms with E-state index < -0.39 is 0 Å². The Morgan fingerprint density at radius 2 is 1.93 bits per heavy atom. The first-order valence-corrected chi connectivity index (χ1v) is 9.99. The molecule has 3 heterocycles. The summed E-state index contributed by atoms with van der Waals surface area (Å²) in [5, 5.41) is 2.74. The molecule has 0 saturated carbocycles. The molecule has 0 radical (unpaired) electrons. The number of halogens is 1. The van der Waals surface area contributed by atoms with Crippen molar-refractivity contribution in [2.45, 2.75) is 25.3 Å². The fraction of sp³-hybridized carbons (Fsp3) is 0.364. The predicted molar refractivity (Wildman–Crippen MR) is 107 cm³/mol. The van der Waals surface area contributed by atoms with Gasteiger partial charge in [-0.2, -0.15) is 0 Å². The standard InChI is InChI=1S/C22H22FN3O3/c23-16-2-4-19-14(11-16)5-10-26(19)17-6-8-25(9-7-17)22(28)15-1-3-18-20(12-15)29-13-21(27)24-18/h1-4,11-12,17H,5-10,13H2,(H,24,27). The number of anilines is 2. The second kappa shape index (κ2) is 7.06. The van der Waals surface area contributed by atoms with Gasteiger partial charge in [-0.15, -0.1) is 0 Å². The fourth-order valence-corrected chi connectivity index (χ4v) is 4.55. The number of rotatable bonds is 2. The summed E-state index contributed by atoms with van der Waals surface area (Å²) in [4.78, 5) is 28.6. The third-order valence-electron chi connectivity index (χ3n) is 6.03.